The van der Waals surface area contributed by atoms with Crippen LogP contribution >= 0.6 is 0 Å². The molecule has 3 N–H and O–H groups in total. The van der Waals surface area contributed by atoms with E-state index in [1.165, 1.54) is 6.92 Å². The van der Waals surface area contributed by atoms with Gasteiger partial charge in [0.1, 0.15) is 5.56 Å². The van der Waals surface area contributed by atoms with E-state index in [1.54, 1.807) is 0 Å². The minimum atomic E-state index is -4.87. The lowest BCUT2D eigenvalue weighted by molar-refractivity contribution is -0.194. The standard InChI is InChI=1S/C18H22F6N2O5/c1-9(6-4-3-5-7-10(15(27)28)17(19,20)21)31-14-11(18(22,23)24)8-12(25)13(26-14)16(29)30-2/h8-10H,3-7,25H2,1-2H3,(H,27,28). The number of unbranched alkanes of at least 4 members (excludes halogenated alkanes) is 2. The molecule has 1 aromatic heterocycles. The molecule has 0 bridgehead atoms. The minimum absolute atomic E-state index is 0.0381. The summed E-state index contributed by atoms with van der Waals surface area (Å²) in [6.07, 6.45) is -10.6. The number of methoxy groups -OCH3 is 1. The van der Waals surface area contributed by atoms with Crippen LogP contribution in [-0.2, 0) is 15.7 Å². The van der Waals surface area contributed by atoms with E-state index >= 15 is 0 Å². The van der Waals surface area contributed by atoms with Crippen LogP contribution < -0.4 is 10.5 Å². The number of nitrogens with zero attached hydrogens (tertiary/aromatic N) is 1. The molecule has 0 fully saturated rings. The second-order valence-corrected chi connectivity index (χ2v) is 6.77. The second-order valence-electron chi connectivity index (χ2n) is 6.77. The van der Waals surface area contributed by atoms with E-state index in [0.29, 0.717) is 6.07 Å². The van der Waals surface area contributed by atoms with Gasteiger partial charge in [-0.25, -0.2) is 9.78 Å². The normalized spacial score (nSPS) is 14.1. The number of alkyl halides is 6. The molecule has 31 heavy (non-hydrogen) atoms. The number of carboxylic acid groups (broad SMARTS) is 1. The quantitative estimate of drug-likeness (QED) is 0.301. The van der Waals surface area contributed by atoms with E-state index in [2.05, 4.69) is 9.72 Å². The molecule has 7 nitrogen and oxygen atoms in total. The summed E-state index contributed by atoms with van der Waals surface area (Å²) in [4.78, 5) is 25.8. The highest BCUT2D eigenvalue weighted by Crippen LogP contribution is 2.38. The zero-order chi connectivity index (χ0) is 24.0. The molecule has 0 aliphatic heterocycles. The number of rotatable bonds is 10. The van der Waals surface area contributed by atoms with Gasteiger partial charge < -0.3 is 20.3 Å². The van der Waals surface area contributed by atoms with Crippen molar-refractivity contribution in [2.75, 3.05) is 12.8 Å². The summed E-state index contributed by atoms with van der Waals surface area (Å²) in [6.45, 7) is 1.42. The van der Waals surface area contributed by atoms with Gasteiger partial charge in [-0.15, -0.1) is 0 Å². The van der Waals surface area contributed by atoms with Crippen LogP contribution in [0.15, 0.2) is 6.07 Å². The molecule has 2 unspecified atom stereocenters. The maximum atomic E-state index is 13.3. The third-order valence-corrected chi connectivity index (χ3v) is 4.31. The first-order valence-electron chi connectivity index (χ1n) is 9.10. The zero-order valence-corrected chi connectivity index (χ0v) is 16.6. The fourth-order valence-corrected chi connectivity index (χ4v) is 2.70. The molecule has 0 aromatic carbocycles. The molecule has 2 atom stereocenters. The smallest absolute Gasteiger partial charge is 0.421 e. The predicted molar refractivity (Wildman–Crippen MR) is 95.3 cm³/mol. The number of hydrogen-bond donors (Lipinski definition) is 2. The molecule has 0 radical (unpaired) electrons. The van der Waals surface area contributed by atoms with Crippen molar-refractivity contribution in [3.05, 3.63) is 17.3 Å². The summed E-state index contributed by atoms with van der Waals surface area (Å²) < 4.78 is 87.1. The first-order valence-corrected chi connectivity index (χ1v) is 9.10. The highest BCUT2D eigenvalue weighted by Gasteiger charge is 2.44. The Balaban J connectivity index is 2.75. The number of aromatic nitrogens is 1. The van der Waals surface area contributed by atoms with Crippen LogP contribution in [0.25, 0.3) is 0 Å². The Labute approximate surface area is 173 Å². The van der Waals surface area contributed by atoms with E-state index < -0.39 is 65.6 Å². The monoisotopic (exact) mass is 460 g/mol. The van der Waals surface area contributed by atoms with Gasteiger partial charge in [0.2, 0.25) is 5.88 Å². The minimum Gasteiger partial charge on any atom is -0.481 e. The number of halogens is 6. The second kappa shape index (κ2) is 10.5. The largest absolute Gasteiger partial charge is 0.481 e. The number of carbonyl (C=O) groups is 2. The van der Waals surface area contributed by atoms with Crippen molar-refractivity contribution in [1.82, 2.24) is 4.98 Å². The van der Waals surface area contributed by atoms with E-state index in [0.717, 1.165) is 7.11 Å². The Kier molecular flexibility index (Phi) is 8.94. The molecule has 13 heteroatoms. The van der Waals surface area contributed by atoms with Crippen molar-refractivity contribution in [2.24, 2.45) is 5.92 Å². The van der Waals surface area contributed by atoms with Crippen LogP contribution in [0, 0.1) is 5.92 Å². The van der Waals surface area contributed by atoms with Gasteiger partial charge in [0, 0.05) is 0 Å². The number of aliphatic carboxylic acids is 1. The predicted octanol–water partition coefficient (Wildman–Crippen LogP) is 4.45. The molecular weight excluding hydrogens is 438 g/mol. The highest BCUT2D eigenvalue weighted by molar-refractivity contribution is 5.93. The molecule has 0 aliphatic carbocycles. The number of nitrogens with two attached hydrogens (primary N) is 1. The molecule has 0 aliphatic rings. The van der Waals surface area contributed by atoms with E-state index in [9.17, 15) is 35.9 Å². The zero-order valence-electron chi connectivity index (χ0n) is 16.6. The Bertz CT molecular complexity index is 782. The molecule has 1 aromatic rings. The maximum absolute atomic E-state index is 13.3. The summed E-state index contributed by atoms with van der Waals surface area (Å²) in [6, 6.07) is 0.504. The highest BCUT2D eigenvalue weighted by atomic mass is 19.4. The summed E-state index contributed by atoms with van der Waals surface area (Å²) in [5.41, 5.74) is 3.05. The van der Waals surface area contributed by atoms with Gasteiger partial charge in [-0.3, -0.25) is 4.79 Å². The summed E-state index contributed by atoms with van der Waals surface area (Å²) in [5, 5.41) is 8.63. The number of esters is 1. The number of pyridine rings is 1. The van der Waals surface area contributed by atoms with Crippen molar-refractivity contribution in [3.63, 3.8) is 0 Å². The Morgan fingerprint density at radius 1 is 1.13 bits per heavy atom. The van der Waals surface area contributed by atoms with Gasteiger partial charge in [-0.05, 0) is 32.3 Å². The van der Waals surface area contributed by atoms with Crippen molar-refractivity contribution in [3.8, 4) is 5.88 Å². The van der Waals surface area contributed by atoms with Gasteiger partial charge in [0.15, 0.2) is 11.6 Å². The third-order valence-electron chi connectivity index (χ3n) is 4.31. The Hall–Kier alpha value is -2.73. The molecule has 1 heterocycles. The first-order chi connectivity index (χ1) is 14.2. The Morgan fingerprint density at radius 2 is 1.71 bits per heavy atom. The van der Waals surface area contributed by atoms with E-state index in [-0.39, 0.29) is 25.7 Å². The lowest BCUT2D eigenvalue weighted by Gasteiger charge is -2.19. The van der Waals surface area contributed by atoms with Crippen molar-refractivity contribution >= 4 is 17.6 Å². The average Bonchev–Trinajstić information content (AvgIpc) is 2.62. The van der Waals surface area contributed by atoms with Crippen LogP contribution in [0.2, 0.25) is 0 Å². The Morgan fingerprint density at radius 3 is 2.19 bits per heavy atom. The lowest BCUT2D eigenvalue weighted by Crippen LogP contribution is -2.30. The van der Waals surface area contributed by atoms with E-state index in [1.807, 2.05) is 0 Å². The van der Waals surface area contributed by atoms with Crippen LogP contribution in [0.5, 0.6) is 5.88 Å². The van der Waals surface area contributed by atoms with Crippen LogP contribution in [-0.4, -0.2) is 41.4 Å². The SMILES string of the molecule is COC(=O)c1nc(OC(C)CCCCCC(C(=O)O)C(F)(F)F)c(C(F)(F)F)cc1N. The van der Waals surface area contributed by atoms with Gasteiger partial charge in [0.25, 0.3) is 0 Å². The summed E-state index contributed by atoms with van der Waals surface area (Å²) >= 11 is 0. The van der Waals surface area contributed by atoms with Crippen molar-refractivity contribution < 1.29 is 50.5 Å². The molecular formula is C18H22F6N2O5. The van der Waals surface area contributed by atoms with Crippen LogP contribution in [0.3, 0.4) is 0 Å². The molecule has 0 saturated carbocycles. The van der Waals surface area contributed by atoms with Gasteiger partial charge in [-0.2, -0.15) is 26.3 Å². The summed E-state index contributed by atoms with van der Waals surface area (Å²) in [5.74, 6) is -6.36. The fourth-order valence-electron chi connectivity index (χ4n) is 2.70. The summed E-state index contributed by atoms with van der Waals surface area (Å²) in [7, 11) is 0.998. The van der Waals surface area contributed by atoms with Gasteiger partial charge >= 0.3 is 24.3 Å². The topological polar surface area (TPSA) is 112 Å². The number of carboxylic acids is 1. The number of hydrogen-bond acceptors (Lipinski definition) is 6. The van der Waals surface area contributed by atoms with Gasteiger partial charge in [-0.1, -0.05) is 12.8 Å². The first kappa shape index (κ1) is 26.3. The average molecular weight is 460 g/mol. The van der Waals surface area contributed by atoms with Gasteiger partial charge in [0.05, 0.1) is 18.9 Å². The van der Waals surface area contributed by atoms with Crippen LogP contribution in [0.1, 0.15) is 55.1 Å². The fraction of sp³-hybridized carbons (Fsp3) is 0.611. The molecule has 0 spiro atoms. The molecule has 1 rings (SSSR count). The number of nitrogen functional groups attached to an aromatic ring is 1. The third kappa shape index (κ3) is 7.79. The van der Waals surface area contributed by atoms with E-state index in [4.69, 9.17) is 15.6 Å². The van der Waals surface area contributed by atoms with Crippen LogP contribution in [0.4, 0.5) is 32.0 Å². The maximum Gasteiger partial charge on any atom is 0.421 e. The van der Waals surface area contributed by atoms with Crippen molar-refractivity contribution in [2.45, 2.75) is 57.5 Å². The number of ether oxygens (including phenoxy) is 2. The molecule has 0 amide bonds. The lowest BCUT2D eigenvalue weighted by atomic mass is 10.00. The number of carbonyl (C=O) groups excluding carboxylic acids is 1. The van der Waals surface area contributed by atoms with Crippen molar-refractivity contribution in [1.29, 1.82) is 0 Å². The molecule has 176 valence electrons. The molecule has 0 saturated heterocycles. The number of anilines is 1.